The fourth-order valence-corrected chi connectivity index (χ4v) is 9.54. The maximum atomic E-state index is 12.9. The third-order valence-electron chi connectivity index (χ3n) is 14.5. The normalized spacial score (nSPS) is 12.4. The van der Waals surface area contributed by atoms with Crippen molar-refractivity contribution in [2.24, 2.45) is 0 Å². The van der Waals surface area contributed by atoms with Crippen molar-refractivity contribution in [2.45, 2.75) is 348 Å². The van der Waals surface area contributed by atoms with Crippen molar-refractivity contribution in [3.05, 3.63) is 60.8 Å². The Morgan fingerprint density at radius 3 is 0.773 bits per heavy atom. The molecule has 0 aromatic rings. The van der Waals surface area contributed by atoms with Crippen molar-refractivity contribution in [2.75, 3.05) is 13.2 Å². The first-order valence-electron chi connectivity index (χ1n) is 32.8. The Morgan fingerprint density at radius 1 is 0.267 bits per heavy atom. The SMILES string of the molecule is CCCCC/C=C\C/C=C\CCCCCCCCCCCC(=O)OC(COC(=O)CCCCCCCCCCCCC)COC(=O)CCCCCCCCCCCCCC/C=C\C/C=C\C/C=C\CCCCCCC. The van der Waals surface area contributed by atoms with Crippen LogP contribution in [0.15, 0.2) is 60.8 Å². The van der Waals surface area contributed by atoms with Gasteiger partial charge in [0.15, 0.2) is 6.10 Å². The summed E-state index contributed by atoms with van der Waals surface area (Å²) in [6.45, 7) is 6.63. The molecule has 0 heterocycles. The van der Waals surface area contributed by atoms with Crippen LogP contribution in [0.3, 0.4) is 0 Å². The van der Waals surface area contributed by atoms with Crippen molar-refractivity contribution in [3.8, 4) is 0 Å². The van der Waals surface area contributed by atoms with E-state index in [9.17, 15) is 14.4 Å². The fourth-order valence-electron chi connectivity index (χ4n) is 9.54. The third-order valence-corrected chi connectivity index (χ3v) is 14.5. The third kappa shape index (κ3) is 61.8. The Kier molecular flexibility index (Phi) is 61.2. The summed E-state index contributed by atoms with van der Waals surface area (Å²) < 4.78 is 16.9. The summed E-state index contributed by atoms with van der Waals surface area (Å²) in [6.07, 6.45) is 80.9. The van der Waals surface area contributed by atoms with Crippen LogP contribution in [0.1, 0.15) is 342 Å². The van der Waals surface area contributed by atoms with E-state index in [2.05, 4.69) is 81.5 Å². The topological polar surface area (TPSA) is 78.9 Å². The smallest absolute Gasteiger partial charge is 0.306 e. The summed E-state index contributed by atoms with van der Waals surface area (Å²) in [5.41, 5.74) is 0. The van der Waals surface area contributed by atoms with Gasteiger partial charge < -0.3 is 14.2 Å². The van der Waals surface area contributed by atoms with E-state index in [-0.39, 0.29) is 31.1 Å². The molecule has 0 aromatic carbocycles. The summed E-state index contributed by atoms with van der Waals surface area (Å²) in [4.78, 5) is 38.3. The van der Waals surface area contributed by atoms with Gasteiger partial charge in [-0.2, -0.15) is 0 Å². The number of esters is 3. The second kappa shape index (κ2) is 63.6. The molecule has 0 radical (unpaired) electrons. The van der Waals surface area contributed by atoms with Crippen molar-refractivity contribution in [1.82, 2.24) is 0 Å². The Morgan fingerprint density at radius 2 is 0.480 bits per heavy atom. The van der Waals surface area contributed by atoms with Gasteiger partial charge in [-0.25, -0.2) is 0 Å². The molecule has 436 valence electrons. The molecule has 1 atom stereocenters. The zero-order valence-electron chi connectivity index (χ0n) is 50.1. The van der Waals surface area contributed by atoms with Crippen LogP contribution in [-0.4, -0.2) is 37.2 Å². The van der Waals surface area contributed by atoms with E-state index in [1.165, 1.54) is 225 Å². The van der Waals surface area contributed by atoms with Crippen molar-refractivity contribution in [3.63, 3.8) is 0 Å². The first kappa shape index (κ1) is 72.1. The molecular weight excluding hydrogens is 925 g/mol. The highest BCUT2D eigenvalue weighted by atomic mass is 16.6. The molecular formula is C69H124O6. The first-order chi connectivity index (χ1) is 37.0. The zero-order chi connectivity index (χ0) is 54.3. The van der Waals surface area contributed by atoms with Gasteiger partial charge >= 0.3 is 17.9 Å². The summed E-state index contributed by atoms with van der Waals surface area (Å²) in [5.74, 6) is -0.862. The summed E-state index contributed by atoms with van der Waals surface area (Å²) in [5, 5.41) is 0. The van der Waals surface area contributed by atoms with Gasteiger partial charge in [-0.1, -0.05) is 293 Å². The number of ether oxygens (including phenoxy) is 3. The maximum absolute atomic E-state index is 12.9. The van der Waals surface area contributed by atoms with Crippen LogP contribution in [0.5, 0.6) is 0 Å². The minimum absolute atomic E-state index is 0.0728. The summed E-state index contributed by atoms with van der Waals surface area (Å²) in [6, 6.07) is 0. The summed E-state index contributed by atoms with van der Waals surface area (Å²) in [7, 11) is 0. The monoisotopic (exact) mass is 1050 g/mol. The molecule has 0 saturated carbocycles. The van der Waals surface area contributed by atoms with Gasteiger partial charge in [0.1, 0.15) is 13.2 Å². The molecule has 6 heteroatoms. The Bertz CT molecular complexity index is 1340. The van der Waals surface area contributed by atoms with E-state index < -0.39 is 6.10 Å². The largest absolute Gasteiger partial charge is 0.462 e. The predicted molar refractivity (Wildman–Crippen MR) is 325 cm³/mol. The maximum Gasteiger partial charge on any atom is 0.306 e. The van der Waals surface area contributed by atoms with E-state index in [0.717, 1.165) is 77.0 Å². The lowest BCUT2D eigenvalue weighted by molar-refractivity contribution is -0.167. The number of allylic oxidation sites excluding steroid dienone is 10. The van der Waals surface area contributed by atoms with Crippen LogP contribution in [0.2, 0.25) is 0 Å². The van der Waals surface area contributed by atoms with Crippen LogP contribution >= 0.6 is 0 Å². The molecule has 0 amide bonds. The lowest BCUT2D eigenvalue weighted by atomic mass is 10.0. The van der Waals surface area contributed by atoms with E-state index >= 15 is 0 Å². The molecule has 0 fully saturated rings. The minimum Gasteiger partial charge on any atom is -0.462 e. The predicted octanol–water partition coefficient (Wildman–Crippen LogP) is 22.3. The molecule has 0 rings (SSSR count). The van der Waals surface area contributed by atoms with Crippen molar-refractivity contribution < 1.29 is 28.6 Å². The number of hydrogen-bond donors (Lipinski definition) is 0. The second-order valence-corrected chi connectivity index (χ2v) is 22.0. The quantitative estimate of drug-likeness (QED) is 0.0261. The van der Waals surface area contributed by atoms with Crippen molar-refractivity contribution in [1.29, 1.82) is 0 Å². The van der Waals surface area contributed by atoms with Gasteiger partial charge in [-0.05, 0) is 89.9 Å². The molecule has 0 saturated heterocycles. The Labute approximate surface area is 466 Å². The van der Waals surface area contributed by atoms with Gasteiger partial charge in [0.05, 0.1) is 0 Å². The Balaban J connectivity index is 4.23. The van der Waals surface area contributed by atoms with Gasteiger partial charge in [0, 0.05) is 19.3 Å². The molecule has 6 nitrogen and oxygen atoms in total. The van der Waals surface area contributed by atoms with E-state index in [4.69, 9.17) is 14.2 Å². The molecule has 0 aromatic heterocycles. The van der Waals surface area contributed by atoms with E-state index in [1.54, 1.807) is 0 Å². The fraction of sp³-hybridized carbons (Fsp3) is 0.812. The molecule has 1 unspecified atom stereocenters. The van der Waals surface area contributed by atoms with E-state index in [0.29, 0.717) is 19.3 Å². The number of carbonyl (C=O) groups excluding carboxylic acids is 3. The van der Waals surface area contributed by atoms with Crippen LogP contribution in [0.25, 0.3) is 0 Å². The van der Waals surface area contributed by atoms with Gasteiger partial charge in [0.2, 0.25) is 0 Å². The van der Waals surface area contributed by atoms with Gasteiger partial charge in [-0.15, -0.1) is 0 Å². The highest BCUT2D eigenvalue weighted by Gasteiger charge is 2.19. The summed E-state index contributed by atoms with van der Waals surface area (Å²) >= 11 is 0. The number of carbonyl (C=O) groups is 3. The molecule has 0 bridgehead atoms. The average molecular weight is 1050 g/mol. The lowest BCUT2D eigenvalue weighted by Gasteiger charge is -2.18. The zero-order valence-corrected chi connectivity index (χ0v) is 50.1. The number of rotatable bonds is 60. The standard InChI is InChI=1S/C69H124O6/c1-4-7-10-13-16-19-22-24-26-28-30-31-32-33-34-35-36-37-39-40-42-44-47-50-53-56-59-62-68(71)74-65-66(64-73-67(70)61-58-55-52-49-46-21-18-15-12-9-6-3)75-69(72)63-60-57-54-51-48-45-43-41-38-29-27-25-23-20-17-14-11-8-5-2/h17,20,22,24-25,27-28,30,32-33,66H,4-16,18-19,21,23,26,29,31,34-65H2,1-3H3/b20-17-,24-22-,27-25-,30-28-,33-32-. The van der Waals surface area contributed by atoms with Crippen molar-refractivity contribution >= 4 is 17.9 Å². The van der Waals surface area contributed by atoms with Crippen LogP contribution in [0, 0.1) is 0 Å². The number of unbranched alkanes of at least 4 members (excludes halogenated alkanes) is 39. The molecule has 0 aliphatic heterocycles. The van der Waals surface area contributed by atoms with Crippen LogP contribution < -0.4 is 0 Å². The van der Waals surface area contributed by atoms with Gasteiger partial charge in [-0.3, -0.25) is 14.4 Å². The molecule has 75 heavy (non-hydrogen) atoms. The molecule has 0 aliphatic rings. The average Bonchev–Trinajstić information content (AvgIpc) is 3.41. The highest BCUT2D eigenvalue weighted by molar-refractivity contribution is 5.71. The first-order valence-corrected chi connectivity index (χ1v) is 32.8. The van der Waals surface area contributed by atoms with Gasteiger partial charge in [0.25, 0.3) is 0 Å². The minimum atomic E-state index is -0.775. The second-order valence-electron chi connectivity index (χ2n) is 22.0. The molecule has 0 N–H and O–H groups in total. The van der Waals surface area contributed by atoms with Crippen LogP contribution in [-0.2, 0) is 28.6 Å². The lowest BCUT2D eigenvalue weighted by Crippen LogP contribution is -2.30. The highest BCUT2D eigenvalue weighted by Crippen LogP contribution is 2.17. The van der Waals surface area contributed by atoms with Crippen LogP contribution in [0.4, 0.5) is 0 Å². The van der Waals surface area contributed by atoms with E-state index in [1.807, 2.05) is 0 Å². The Hall–Kier alpha value is -2.89. The number of hydrogen-bond acceptors (Lipinski definition) is 6. The molecule has 0 aliphatic carbocycles. The molecule has 0 spiro atoms.